The first-order chi connectivity index (χ1) is 5.52. The molecule has 0 bridgehead atoms. The van der Waals surface area contributed by atoms with Gasteiger partial charge in [0.25, 0.3) is 0 Å². The van der Waals surface area contributed by atoms with Crippen LogP contribution < -0.4 is 0 Å². The number of nitrogens with zero attached hydrogens (tertiary/aromatic N) is 1. The van der Waals surface area contributed by atoms with Crippen molar-refractivity contribution in [2.24, 2.45) is 0 Å². The third-order valence-corrected chi connectivity index (χ3v) is 1.88. The van der Waals surface area contributed by atoms with E-state index in [0.717, 1.165) is 0 Å². The Morgan fingerprint density at radius 1 is 1.50 bits per heavy atom. The molecule has 0 radical (unpaired) electrons. The molecule has 0 aliphatic rings. The van der Waals surface area contributed by atoms with Gasteiger partial charge in [-0.1, -0.05) is 11.1 Å². The Balaban J connectivity index is 3.38. The van der Waals surface area contributed by atoms with Gasteiger partial charge in [-0.3, -0.25) is 9.00 Å². The van der Waals surface area contributed by atoms with Crippen LogP contribution in [-0.4, -0.2) is 45.8 Å². The fourth-order valence-corrected chi connectivity index (χ4v) is 1.20. The third-order valence-electron chi connectivity index (χ3n) is 1.26. The minimum atomic E-state index is -2.01. The average molecular weight is 192 g/mol. The molecule has 1 atom stereocenters. The number of rotatable bonds is 6. The van der Waals surface area contributed by atoms with E-state index in [-0.39, 0.29) is 11.5 Å². The van der Waals surface area contributed by atoms with Crippen LogP contribution in [0.1, 0.15) is 12.8 Å². The molecule has 12 heavy (non-hydrogen) atoms. The number of likely N-dealkylation sites (N-methyl/N-ethyl adjacent to an activating group) is 1. The summed E-state index contributed by atoms with van der Waals surface area (Å²) in [5.41, 5.74) is 0. The molecule has 0 aromatic carbocycles. The lowest BCUT2D eigenvalue weighted by Gasteiger charge is -2.08. The Kier molecular flexibility index (Phi) is 6.14. The Morgan fingerprint density at radius 3 is 2.50 bits per heavy atom. The van der Waals surface area contributed by atoms with Gasteiger partial charge in [0.15, 0.2) is 0 Å². The maximum Gasteiger partial charge on any atom is 0.146 e. The van der Waals surface area contributed by atoms with Gasteiger partial charge in [0.2, 0.25) is 0 Å². The second-order valence-electron chi connectivity index (χ2n) is 2.89. The van der Waals surface area contributed by atoms with E-state index in [9.17, 15) is 13.6 Å². The summed E-state index contributed by atoms with van der Waals surface area (Å²) in [6, 6.07) is 0. The Bertz CT molecular complexity index is 170. The number of carbonyl (C=O) groups is 1. The third kappa shape index (κ3) is 7.84. The average Bonchev–Trinajstić information content (AvgIpc) is 1.84. The Labute approximate surface area is 75.2 Å². The maximum absolute atomic E-state index is 11.0. The molecule has 72 valence electrons. The highest BCUT2D eigenvalue weighted by atomic mass is 32.2. The van der Waals surface area contributed by atoms with E-state index in [1.807, 2.05) is 14.1 Å². The molecule has 1 unspecified atom stereocenters. The number of Topliss-reactive ketones (excluding diaryl/α,β-unsaturated/α-hetero) is 1. The second-order valence-corrected chi connectivity index (χ2v) is 3.90. The van der Waals surface area contributed by atoms with Crippen molar-refractivity contribution in [3.8, 4) is 0 Å². The molecular weight excluding hydrogens is 178 g/mol. The summed E-state index contributed by atoms with van der Waals surface area (Å²) in [6.45, 7) is 0.394. The first-order valence-electron chi connectivity index (χ1n) is 3.74. The molecule has 0 saturated carbocycles. The molecule has 0 saturated heterocycles. The summed E-state index contributed by atoms with van der Waals surface area (Å²) in [6.07, 6.45) is 0.787. The van der Waals surface area contributed by atoms with Gasteiger partial charge >= 0.3 is 0 Å². The van der Waals surface area contributed by atoms with Gasteiger partial charge in [0, 0.05) is 12.2 Å². The molecule has 0 aliphatic heterocycles. The normalized spacial score (nSPS) is 13.3. The summed E-state index contributed by atoms with van der Waals surface area (Å²) >= 11 is -2.01. The van der Waals surface area contributed by atoms with Gasteiger partial charge in [0.1, 0.15) is 5.78 Å². The van der Waals surface area contributed by atoms with E-state index >= 15 is 0 Å². The summed E-state index contributed by atoms with van der Waals surface area (Å²) in [4.78, 5) is 12.8. The van der Waals surface area contributed by atoms with Crippen LogP contribution in [0.5, 0.6) is 0 Å². The van der Waals surface area contributed by atoms with E-state index in [2.05, 4.69) is 0 Å². The minimum absolute atomic E-state index is 0.0825. The minimum Gasteiger partial charge on any atom is -0.772 e. The van der Waals surface area contributed by atoms with Crippen molar-refractivity contribution in [3.63, 3.8) is 0 Å². The number of ketones is 1. The lowest BCUT2D eigenvalue weighted by atomic mass is 10.2. The predicted molar refractivity (Wildman–Crippen MR) is 46.6 cm³/mol. The van der Waals surface area contributed by atoms with Crippen LogP contribution in [-0.2, 0) is 15.9 Å². The molecule has 0 heterocycles. The lowest BCUT2D eigenvalue weighted by Crippen LogP contribution is -2.21. The van der Waals surface area contributed by atoms with Crippen LogP contribution in [0, 0.1) is 0 Å². The van der Waals surface area contributed by atoms with Crippen LogP contribution in [0.2, 0.25) is 0 Å². The monoisotopic (exact) mass is 192 g/mol. The van der Waals surface area contributed by atoms with E-state index in [1.54, 1.807) is 4.90 Å². The standard InChI is InChI=1S/C7H15NO3S/c1-8(2)6-7(9)4-3-5-12(10)11/h3-6H2,1-2H3,(H,10,11)/p-1. The van der Waals surface area contributed by atoms with Crippen molar-refractivity contribution in [3.05, 3.63) is 0 Å². The van der Waals surface area contributed by atoms with Crippen molar-refractivity contribution in [2.45, 2.75) is 12.8 Å². The summed E-state index contributed by atoms with van der Waals surface area (Å²) in [7, 11) is 3.62. The Hall–Kier alpha value is -0.260. The van der Waals surface area contributed by atoms with Crippen molar-refractivity contribution >= 4 is 16.9 Å². The van der Waals surface area contributed by atoms with Gasteiger partial charge in [-0.15, -0.1) is 0 Å². The number of carbonyl (C=O) groups excluding carboxylic acids is 1. The molecule has 0 amide bonds. The molecule has 5 heteroatoms. The van der Waals surface area contributed by atoms with Crippen LogP contribution in [0.4, 0.5) is 0 Å². The highest BCUT2D eigenvalue weighted by Gasteiger charge is 2.02. The summed E-state index contributed by atoms with van der Waals surface area (Å²) < 4.78 is 20.2. The van der Waals surface area contributed by atoms with Crippen LogP contribution in [0.3, 0.4) is 0 Å². The fraction of sp³-hybridized carbons (Fsp3) is 0.857. The van der Waals surface area contributed by atoms with Crippen molar-refractivity contribution in [1.82, 2.24) is 4.90 Å². The summed E-state index contributed by atoms with van der Waals surface area (Å²) in [5, 5.41) is 0. The first-order valence-corrected chi connectivity index (χ1v) is 4.99. The quantitative estimate of drug-likeness (QED) is 0.546. The zero-order chi connectivity index (χ0) is 9.56. The molecular formula is C7H14NO3S-. The predicted octanol–water partition coefficient (Wildman–Crippen LogP) is -0.224. The van der Waals surface area contributed by atoms with Crippen molar-refractivity contribution in [1.29, 1.82) is 0 Å². The molecule has 0 rings (SSSR count). The molecule has 0 spiro atoms. The smallest absolute Gasteiger partial charge is 0.146 e. The molecule has 0 aromatic heterocycles. The largest absolute Gasteiger partial charge is 0.772 e. The van der Waals surface area contributed by atoms with Crippen LogP contribution >= 0.6 is 0 Å². The second kappa shape index (κ2) is 6.28. The SMILES string of the molecule is CN(C)CC(=O)CCCS(=O)[O-]. The zero-order valence-corrected chi connectivity index (χ0v) is 8.23. The van der Waals surface area contributed by atoms with E-state index in [0.29, 0.717) is 19.4 Å². The first kappa shape index (κ1) is 11.7. The zero-order valence-electron chi connectivity index (χ0n) is 7.41. The molecule has 0 aromatic rings. The van der Waals surface area contributed by atoms with Gasteiger partial charge in [-0.05, 0) is 20.5 Å². The highest BCUT2D eigenvalue weighted by Crippen LogP contribution is 1.93. The van der Waals surface area contributed by atoms with E-state index in [1.165, 1.54) is 0 Å². The number of hydrogen-bond donors (Lipinski definition) is 0. The van der Waals surface area contributed by atoms with E-state index in [4.69, 9.17) is 0 Å². The molecule has 4 nitrogen and oxygen atoms in total. The van der Waals surface area contributed by atoms with Gasteiger partial charge in [0.05, 0.1) is 6.54 Å². The Morgan fingerprint density at radius 2 is 2.08 bits per heavy atom. The van der Waals surface area contributed by atoms with Crippen molar-refractivity contribution in [2.75, 3.05) is 26.4 Å². The lowest BCUT2D eigenvalue weighted by molar-refractivity contribution is -0.119. The topological polar surface area (TPSA) is 60.4 Å². The van der Waals surface area contributed by atoms with Crippen LogP contribution in [0.25, 0.3) is 0 Å². The fourth-order valence-electron chi connectivity index (χ4n) is 0.819. The molecule has 0 aliphatic carbocycles. The van der Waals surface area contributed by atoms with Gasteiger partial charge < -0.3 is 9.45 Å². The highest BCUT2D eigenvalue weighted by molar-refractivity contribution is 7.79. The van der Waals surface area contributed by atoms with Crippen molar-refractivity contribution < 1.29 is 13.6 Å². The van der Waals surface area contributed by atoms with Gasteiger partial charge in [-0.2, -0.15) is 0 Å². The number of hydrogen-bond acceptors (Lipinski definition) is 4. The summed E-state index contributed by atoms with van der Waals surface area (Å²) in [5.74, 6) is 0.171. The van der Waals surface area contributed by atoms with Crippen LogP contribution in [0.15, 0.2) is 0 Å². The van der Waals surface area contributed by atoms with Gasteiger partial charge in [-0.25, -0.2) is 0 Å². The maximum atomic E-state index is 11.0. The molecule has 0 N–H and O–H groups in total. The van der Waals surface area contributed by atoms with E-state index < -0.39 is 11.1 Å². The molecule has 0 fully saturated rings.